The van der Waals surface area contributed by atoms with E-state index in [1.165, 1.54) is 0 Å². The average molecular weight is 278 g/mol. The molecule has 1 amide bonds. The van der Waals surface area contributed by atoms with E-state index >= 15 is 0 Å². The van der Waals surface area contributed by atoms with Crippen molar-refractivity contribution in [1.29, 1.82) is 0 Å². The van der Waals surface area contributed by atoms with Crippen LogP contribution >= 0.6 is 0 Å². The van der Waals surface area contributed by atoms with Gasteiger partial charge in [-0.15, -0.1) is 0 Å². The van der Waals surface area contributed by atoms with Crippen LogP contribution in [0, 0.1) is 0 Å². The summed E-state index contributed by atoms with van der Waals surface area (Å²) in [6, 6.07) is 7.27. The van der Waals surface area contributed by atoms with E-state index in [2.05, 4.69) is 10.5 Å². The van der Waals surface area contributed by atoms with Gasteiger partial charge in [0.1, 0.15) is 5.75 Å². The monoisotopic (exact) mass is 278 g/mol. The minimum atomic E-state index is -1.17. The highest BCUT2D eigenvalue weighted by Crippen LogP contribution is 2.13. The van der Waals surface area contributed by atoms with Crippen LogP contribution in [-0.4, -0.2) is 35.9 Å². The molecule has 7 heteroatoms. The molecule has 1 heterocycles. The van der Waals surface area contributed by atoms with E-state index in [0.29, 0.717) is 12.3 Å². The Labute approximate surface area is 115 Å². The van der Waals surface area contributed by atoms with Gasteiger partial charge in [-0.25, -0.2) is 4.79 Å². The van der Waals surface area contributed by atoms with Gasteiger partial charge in [0.05, 0.1) is 7.11 Å². The number of oxime groups is 1. The van der Waals surface area contributed by atoms with Crippen LogP contribution in [0.15, 0.2) is 29.4 Å². The second-order valence-corrected chi connectivity index (χ2v) is 4.21. The van der Waals surface area contributed by atoms with Gasteiger partial charge in [0, 0.05) is 13.0 Å². The molecular formula is C13H14N2O5. The maximum Gasteiger partial charge on any atom is 0.353 e. The van der Waals surface area contributed by atoms with Crippen LogP contribution in [0.25, 0.3) is 0 Å². The first-order valence-electron chi connectivity index (χ1n) is 5.97. The largest absolute Gasteiger partial charge is 0.497 e. The van der Waals surface area contributed by atoms with Crippen molar-refractivity contribution >= 4 is 17.6 Å². The summed E-state index contributed by atoms with van der Waals surface area (Å²) in [5, 5.41) is 14.7. The van der Waals surface area contributed by atoms with Gasteiger partial charge in [-0.2, -0.15) is 0 Å². The summed E-state index contributed by atoms with van der Waals surface area (Å²) in [6.07, 6.45) is -0.911. The highest BCUT2D eigenvalue weighted by molar-refractivity contribution is 6.36. The molecule has 2 rings (SSSR count). The lowest BCUT2D eigenvalue weighted by atomic mass is 10.1. The van der Waals surface area contributed by atoms with Gasteiger partial charge in [-0.3, -0.25) is 4.79 Å². The summed E-state index contributed by atoms with van der Waals surface area (Å²) in [6.45, 7) is 0.304. The normalized spacial score (nSPS) is 17.1. The van der Waals surface area contributed by atoms with Crippen molar-refractivity contribution in [3.63, 3.8) is 0 Å². The van der Waals surface area contributed by atoms with E-state index < -0.39 is 18.0 Å². The lowest BCUT2D eigenvalue weighted by Gasteiger charge is -2.10. The number of hydrogen-bond acceptors (Lipinski definition) is 5. The molecule has 1 atom stereocenters. The Kier molecular flexibility index (Phi) is 4.19. The maximum absolute atomic E-state index is 11.8. The topological polar surface area (TPSA) is 97.2 Å². The summed E-state index contributed by atoms with van der Waals surface area (Å²) in [5.41, 5.74) is 0.724. The zero-order valence-corrected chi connectivity index (χ0v) is 10.8. The third kappa shape index (κ3) is 3.25. The number of nitrogens with zero attached hydrogens (tertiary/aromatic N) is 1. The summed E-state index contributed by atoms with van der Waals surface area (Å²) in [4.78, 5) is 27.3. The van der Waals surface area contributed by atoms with Gasteiger partial charge in [-0.05, 0) is 17.7 Å². The van der Waals surface area contributed by atoms with Gasteiger partial charge in [-0.1, -0.05) is 17.3 Å². The highest BCUT2D eigenvalue weighted by atomic mass is 16.6. The number of rotatable bonds is 5. The van der Waals surface area contributed by atoms with Crippen LogP contribution in [0.5, 0.6) is 5.75 Å². The molecule has 0 saturated carbocycles. The van der Waals surface area contributed by atoms with E-state index in [-0.39, 0.29) is 12.1 Å². The summed E-state index contributed by atoms with van der Waals surface area (Å²) in [5.74, 6) is -0.869. The predicted molar refractivity (Wildman–Crippen MR) is 69.4 cm³/mol. The molecule has 1 aliphatic heterocycles. The number of ether oxygens (including phenoxy) is 1. The maximum atomic E-state index is 11.8. The number of benzene rings is 1. The van der Waals surface area contributed by atoms with Crippen molar-refractivity contribution in [2.45, 2.75) is 19.1 Å². The summed E-state index contributed by atoms with van der Waals surface area (Å²) >= 11 is 0. The number of aliphatic carboxylic acids is 1. The lowest BCUT2D eigenvalue weighted by Crippen LogP contribution is -2.34. The van der Waals surface area contributed by atoms with Crippen LogP contribution < -0.4 is 10.1 Å². The number of nitrogens with one attached hydrogen (secondary N) is 1. The number of amides is 1. The first kappa shape index (κ1) is 13.9. The molecule has 1 unspecified atom stereocenters. The van der Waals surface area contributed by atoms with Crippen molar-refractivity contribution in [2.24, 2.45) is 5.16 Å². The minimum absolute atomic E-state index is 0.0285. The van der Waals surface area contributed by atoms with E-state index in [1.54, 1.807) is 19.2 Å². The van der Waals surface area contributed by atoms with Crippen LogP contribution in [0.3, 0.4) is 0 Å². The fourth-order valence-corrected chi connectivity index (χ4v) is 1.73. The lowest BCUT2D eigenvalue weighted by molar-refractivity contribution is -0.131. The minimum Gasteiger partial charge on any atom is -0.497 e. The fraction of sp³-hybridized carbons (Fsp3) is 0.308. The Hall–Kier alpha value is -2.57. The van der Waals surface area contributed by atoms with E-state index in [0.717, 1.165) is 5.56 Å². The van der Waals surface area contributed by atoms with E-state index in [9.17, 15) is 9.59 Å². The third-order valence-corrected chi connectivity index (χ3v) is 2.81. The highest BCUT2D eigenvalue weighted by Gasteiger charge is 2.31. The second-order valence-electron chi connectivity index (χ2n) is 4.21. The Morgan fingerprint density at radius 1 is 1.55 bits per heavy atom. The fourth-order valence-electron chi connectivity index (χ4n) is 1.73. The molecule has 20 heavy (non-hydrogen) atoms. The standard InChI is InChI=1S/C13H14N2O5/c1-19-9-4-2-3-8(5-9)7-14-12(16)11-6-10(13(17)18)15-20-11/h2-5,11H,6-7H2,1H3,(H,14,16)(H,17,18). The molecule has 0 bridgehead atoms. The number of carbonyl (C=O) groups is 2. The van der Waals surface area contributed by atoms with Gasteiger partial charge in [0.25, 0.3) is 5.91 Å². The molecule has 7 nitrogen and oxygen atoms in total. The molecule has 1 aliphatic rings. The molecule has 106 valence electrons. The van der Waals surface area contributed by atoms with Crippen LogP contribution in [-0.2, 0) is 21.0 Å². The number of carboxylic acids is 1. The molecule has 1 aromatic carbocycles. The predicted octanol–water partition coefficient (Wildman–Crippen LogP) is 0.541. The zero-order chi connectivity index (χ0) is 14.5. The Bertz CT molecular complexity index is 555. The number of carboxylic acid groups (broad SMARTS) is 1. The Morgan fingerprint density at radius 3 is 3.00 bits per heavy atom. The molecule has 0 radical (unpaired) electrons. The van der Waals surface area contributed by atoms with Gasteiger partial charge in [0.15, 0.2) is 5.71 Å². The van der Waals surface area contributed by atoms with Crippen molar-refractivity contribution in [3.05, 3.63) is 29.8 Å². The van der Waals surface area contributed by atoms with Crippen molar-refractivity contribution in [3.8, 4) is 5.75 Å². The number of methoxy groups -OCH3 is 1. The summed E-state index contributed by atoms with van der Waals surface area (Å²) < 4.78 is 5.08. The smallest absolute Gasteiger partial charge is 0.353 e. The Morgan fingerprint density at radius 2 is 2.35 bits per heavy atom. The van der Waals surface area contributed by atoms with Crippen molar-refractivity contribution < 1.29 is 24.3 Å². The molecule has 0 fully saturated rings. The second kappa shape index (κ2) is 6.05. The number of carbonyl (C=O) groups excluding carboxylic acids is 1. The molecule has 0 aliphatic carbocycles. The SMILES string of the molecule is COc1cccc(CNC(=O)C2CC(C(=O)O)=NO2)c1. The summed E-state index contributed by atoms with van der Waals surface area (Å²) in [7, 11) is 1.56. The Balaban J connectivity index is 1.85. The third-order valence-electron chi connectivity index (χ3n) is 2.81. The van der Waals surface area contributed by atoms with Gasteiger partial charge < -0.3 is 20.0 Å². The van der Waals surface area contributed by atoms with Crippen LogP contribution in [0.1, 0.15) is 12.0 Å². The zero-order valence-electron chi connectivity index (χ0n) is 10.8. The van der Waals surface area contributed by atoms with E-state index in [1.807, 2.05) is 12.1 Å². The van der Waals surface area contributed by atoms with Crippen LogP contribution in [0.4, 0.5) is 0 Å². The first-order valence-corrected chi connectivity index (χ1v) is 5.97. The molecule has 1 aromatic rings. The van der Waals surface area contributed by atoms with Gasteiger partial charge >= 0.3 is 5.97 Å². The molecule has 0 aromatic heterocycles. The van der Waals surface area contributed by atoms with Gasteiger partial charge in [0.2, 0.25) is 6.10 Å². The molecule has 0 spiro atoms. The molecule has 0 saturated heterocycles. The molecular weight excluding hydrogens is 264 g/mol. The van der Waals surface area contributed by atoms with Crippen LogP contribution in [0.2, 0.25) is 0 Å². The first-order chi connectivity index (χ1) is 9.60. The number of hydrogen-bond donors (Lipinski definition) is 2. The quantitative estimate of drug-likeness (QED) is 0.819. The molecule has 2 N–H and O–H groups in total. The van der Waals surface area contributed by atoms with Crippen molar-refractivity contribution in [2.75, 3.05) is 7.11 Å². The van der Waals surface area contributed by atoms with Crippen molar-refractivity contribution in [1.82, 2.24) is 5.32 Å². The average Bonchev–Trinajstić information content (AvgIpc) is 2.95. The van der Waals surface area contributed by atoms with E-state index in [4.69, 9.17) is 14.7 Å².